The van der Waals surface area contributed by atoms with Gasteiger partial charge in [-0.05, 0) is 94.5 Å². The number of aromatic nitrogens is 2. The van der Waals surface area contributed by atoms with Crippen molar-refractivity contribution in [3.8, 4) is 11.5 Å². The molecule has 2 aromatic heterocycles. The van der Waals surface area contributed by atoms with Gasteiger partial charge in [0, 0.05) is 42.7 Å². The predicted octanol–water partition coefficient (Wildman–Crippen LogP) is 5.90. The predicted molar refractivity (Wildman–Crippen MR) is 162 cm³/mol. The number of hydrogen-bond acceptors (Lipinski definition) is 6. The van der Waals surface area contributed by atoms with Gasteiger partial charge < -0.3 is 19.3 Å². The van der Waals surface area contributed by atoms with Gasteiger partial charge in [-0.2, -0.15) is 13.2 Å². The van der Waals surface area contributed by atoms with Crippen molar-refractivity contribution in [3.63, 3.8) is 0 Å². The van der Waals surface area contributed by atoms with Crippen molar-refractivity contribution in [1.82, 2.24) is 18.9 Å². The van der Waals surface area contributed by atoms with E-state index < -0.39 is 18.5 Å². The summed E-state index contributed by atoms with van der Waals surface area (Å²) in [6.45, 7) is 2.11. The number of carbonyl (C=O) groups is 2. The largest absolute Gasteiger partial charge is 0.497 e. The Hall–Kier alpha value is -3.83. The molecular formula is C32H39F3N4O4. The van der Waals surface area contributed by atoms with E-state index >= 15 is 0 Å². The van der Waals surface area contributed by atoms with E-state index in [1.54, 1.807) is 29.9 Å². The number of halogens is 3. The molecule has 0 radical (unpaired) electrons. The molecule has 4 aromatic rings. The Morgan fingerprint density at radius 1 is 0.767 bits per heavy atom. The quantitative estimate of drug-likeness (QED) is 0.190. The molecular weight excluding hydrogens is 561 g/mol. The molecule has 0 aliphatic rings. The van der Waals surface area contributed by atoms with Crippen LogP contribution in [0.5, 0.6) is 11.5 Å². The van der Waals surface area contributed by atoms with E-state index in [2.05, 4.69) is 9.80 Å². The highest BCUT2D eigenvalue weighted by atomic mass is 19.4. The fourth-order valence-electron chi connectivity index (χ4n) is 5.26. The first kappa shape index (κ1) is 32.1. The number of alkyl halides is 3. The van der Waals surface area contributed by atoms with Gasteiger partial charge >= 0.3 is 6.18 Å². The average Bonchev–Trinajstić information content (AvgIpc) is 3.51. The van der Waals surface area contributed by atoms with Crippen LogP contribution in [0.3, 0.4) is 0 Å². The average molecular weight is 601 g/mol. The van der Waals surface area contributed by atoms with E-state index in [1.165, 1.54) is 13.3 Å². The lowest BCUT2D eigenvalue weighted by Crippen LogP contribution is -2.23. The van der Waals surface area contributed by atoms with Crippen LogP contribution in [0, 0.1) is 0 Å². The van der Waals surface area contributed by atoms with Crippen molar-refractivity contribution in [2.75, 3.05) is 55.0 Å². The highest BCUT2D eigenvalue weighted by Crippen LogP contribution is 2.30. The summed E-state index contributed by atoms with van der Waals surface area (Å²) in [5.74, 6) is 0.291. The highest BCUT2D eigenvalue weighted by Gasteiger charge is 2.32. The summed E-state index contributed by atoms with van der Waals surface area (Å²) in [4.78, 5) is 29.9. The molecule has 2 heterocycles. The van der Waals surface area contributed by atoms with Crippen LogP contribution in [-0.2, 0) is 12.8 Å². The summed E-state index contributed by atoms with van der Waals surface area (Å²) in [6.07, 6.45) is -0.375. The molecule has 0 saturated carbocycles. The van der Waals surface area contributed by atoms with Crippen molar-refractivity contribution in [1.29, 1.82) is 0 Å². The molecule has 0 N–H and O–H groups in total. The number of ether oxygens (including phenoxy) is 2. The third kappa shape index (κ3) is 7.97. The van der Waals surface area contributed by atoms with Gasteiger partial charge in [-0.3, -0.25) is 18.7 Å². The number of nitrogens with zero attached hydrogens (tertiary/aromatic N) is 4. The fraction of sp³-hybridized carbons (Fsp3) is 0.438. The lowest BCUT2D eigenvalue weighted by molar-refractivity contribution is -0.126. The zero-order valence-electron chi connectivity index (χ0n) is 25.3. The Balaban J connectivity index is 1.40. The third-order valence-electron chi connectivity index (χ3n) is 7.60. The maximum atomic E-state index is 13.3. The van der Waals surface area contributed by atoms with Gasteiger partial charge in [-0.15, -0.1) is 0 Å². The van der Waals surface area contributed by atoms with Crippen LogP contribution in [0.25, 0.3) is 21.8 Å². The smallest absolute Gasteiger partial charge is 0.397 e. The normalized spacial score (nSPS) is 12.1. The first-order chi connectivity index (χ1) is 20.4. The second kappa shape index (κ2) is 13.6. The van der Waals surface area contributed by atoms with E-state index in [1.807, 2.05) is 45.5 Å². The summed E-state index contributed by atoms with van der Waals surface area (Å²) < 4.78 is 52.3. The minimum atomic E-state index is -4.59. The minimum absolute atomic E-state index is 0.0120. The number of fused-ring (bicyclic) bond motifs is 2. The van der Waals surface area contributed by atoms with Crippen LogP contribution < -0.4 is 9.47 Å². The molecule has 0 aliphatic carbocycles. The van der Waals surface area contributed by atoms with Gasteiger partial charge in [-0.25, -0.2) is 0 Å². The molecule has 43 heavy (non-hydrogen) atoms. The second-order valence-electron chi connectivity index (χ2n) is 11.1. The van der Waals surface area contributed by atoms with Gasteiger partial charge in [0.1, 0.15) is 17.9 Å². The van der Waals surface area contributed by atoms with E-state index in [0.29, 0.717) is 49.0 Å². The van der Waals surface area contributed by atoms with Gasteiger partial charge in [0.05, 0.1) is 25.3 Å². The first-order valence-corrected chi connectivity index (χ1v) is 14.2. The maximum absolute atomic E-state index is 13.3. The highest BCUT2D eigenvalue weighted by molar-refractivity contribution is 5.96. The Bertz CT molecular complexity index is 1590. The van der Waals surface area contributed by atoms with Crippen molar-refractivity contribution < 1.29 is 32.2 Å². The van der Waals surface area contributed by atoms with E-state index in [4.69, 9.17) is 9.47 Å². The molecule has 0 atom stereocenters. The molecule has 0 aliphatic heterocycles. The molecule has 4 rings (SSSR count). The molecule has 0 unspecified atom stereocenters. The summed E-state index contributed by atoms with van der Waals surface area (Å²) in [6, 6.07) is 10.7. The molecule has 0 fully saturated rings. The molecule has 8 nitrogen and oxygen atoms in total. The summed E-state index contributed by atoms with van der Waals surface area (Å²) in [5.41, 5.74) is 3.13. The molecule has 0 amide bonds. The lowest BCUT2D eigenvalue weighted by Gasteiger charge is -2.16. The minimum Gasteiger partial charge on any atom is -0.497 e. The number of carbonyl (C=O) groups excluding carboxylic acids is 2. The van der Waals surface area contributed by atoms with E-state index in [9.17, 15) is 22.8 Å². The summed E-state index contributed by atoms with van der Waals surface area (Å²) in [5, 5.41) is 1.69. The first-order valence-electron chi connectivity index (χ1n) is 14.2. The summed E-state index contributed by atoms with van der Waals surface area (Å²) >= 11 is 0. The SMILES string of the molecule is COc1ccc2c(c1)c(CCN(C)C)cn2C(=O)CCCN(C)CCc1cn(C(=O)CC(F)(F)F)c2ccc(OC)cc12. The van der Waals surface area contributed by atoms with Crippen LogP contribution >= 0.6 is 0 Å². The van der Waals surface area contributed by atoms with Gasteiger partial charge in [0.25, 0.3) is 0 Å². The summed E-state index contributed by atoms with van der Waals surface area (Å²) in [7, 11) is 9.12. The fourth-order valence-corrected chi connectivity index (χ4v) is 5.26. The van der Waals surface area contributed by atoms with E-state index in [-0.39, 0.29) is 5.91 Å². The molecule has 0 saturated heterocycles. The monoisotopic (exact) mass is 600 g/mol. The molecule has 232 valence electrons. The Labute approximate surface area is 249 Å². The van der Waals surface area contributed by atoms with Crippen LogP contribution in [0.4, 0.5) is 13.2 Å². The number of benzene rings is 2. The van der Waals surface area contributed by atoms with Crippen molar-refractivity contribution in [2.24, 2.45) is 0 Å². The number of likely N-dealkylation sites (N-methyl/N-ethyl adjacent to an activating group) is 2. The van der Waals surface area contributed by atoms with Crippen molar-refractivity contribution in [3.05, 3.63) is 59.9 Å². The topological polar surface area (TPSA) is 68.9 Å². The third-order valence-corrected chi connectivity index (χ3v) is 7.60. The van der Waals surface area contributed by atoms with Crippen LogP contribution in [0.2, 0.25) is 0 Å². The molecule has 0 bridgehead atoms. The zero-order valence-corrected chi connectivity index (χ0v) is 25.3. The number of rotatable bonds is 13. The zero-order chi connectivity index (χ0) is 31.3. The van der Waals surface area contributed by atoms with Gasteiger partial charge in [0.2, 0.25) is 11.8 Å². The van der Waals surface area contributed by atoms with Crippen molar-refractivity contribution in [2.45, 2.75) is 38.3 Å². The van der Waals surface area contributed by atoms with Crippen LogP contribution in [0.15, 0.2) is 48.8 Å². The van der Waals surface area contributed by atoms with Crippen molar-refractivity contribution >= 4 is 33.6 Å². The van der Waals surface area contributed by atoms with Gasteiger partial charge in [-0.1, -0.05) is 0 Å². The number of methoxy groups -OCH3 is 2. The Morgan fingerprint density at radius 3 is 1.77 bits per heavy atom. The molecule has 11 heteroatoms. The maximum Gasteiger partial charge on any atom is 0.397 e. The Kier molecular flexibility index (Phi) is 10.2. The molecule has 0 spiro atoms. The standard InChI is InChI=1S/C32H39F3N4O4/c1-36(2)15-12-22-20-38(28-10-8-24(42-4)17-26(22)28)30(40)7-6-14-37(3)16-13-23-21-39(31(41)19-32(33,34)35)29-11-9-25(43-5)18-27(23)29/h8-11,17-18,20-21H,6-7,12-16,19H2,1-5H3. The molecule has 2 aromatic carbocycles. The van der Waals surface area contributed by atoms with E-state index in [0.717, 1.165) is 45.3 Å². The van der Waals surface area contributed by atoms with Crippen LogP contribution in [0.1, 0.15) is 40.0 Å². The van der Waals surface area contributed by atoms with Gasteiger partial charge in [0.15, 0.2) is 0 Å². The van der Waals surface area contributed by atoms with Crippen LogP contribution in [-0.4, -0.2) is 91.9 Å². The second-order valence-corrected chi connectivity index (χ2v) is 11.1. The Morgan fingerprint density at radius 2 is 1.28 bits per heavy atom. The number of hydrogen-bond donors (Lipinski definition) is 0. The lowest BCUT2D eigenvalue weighted by atomic mass is 10.1.